The Hall–Kier alpha value is -0.810. The largest absolute Gasteiger partial charge is 1.00 e. The molecule has 9 heteroatoms. The number of hydrogen-bond acceptors (Lipinski definition) is 6. The lowest BCUT2D eigenvalue weighted by Gasteiger charge is -2.45. The quantitative estimate of drug-likeness (QED) is 0.322. The minimum Gasteiger partial charge on any atom is -1.00 e. The number of morpholine rings is 1. The Balaban J connectivity index is 0.00000112. The van der Waals surface area contributed by atoms with E-state index < -0.39 is 11.6 Å². The summed E-state index contributed by atoms with van der Waals surface area (Å²) >= 11 is 2.74. The first-order valence-electron chi connectivity index (χ1n) is 8.92. The Morgan fingerprint density at radius 3 is 2.07 bits per heavy atom. The summed E-state index contributed by atoms with van der Waals surface area (Å²) < 4.78 is 12.6. The number of carbonyl (C=O) groups is 1. The topological polar surface area (TPSA) is 90.6 Å². The van der Waals surface area contributed by atoms with Crippen molar-refractivity contribution in [2.24, 2.45) is 0 Å². The number of ether oxygens (including phenoxy) is 2. The molecule has 5 rings (SSSR count). The van der Waals surface area contributed by atoms with Gasteiger partial charge in [0.15, 0.2) is 0 Å². The fourth-order valence-corrected chi connectivity index (χ4v) is 6.54. The molecule has 2 unspecified atom stereocenters. The highest BCUT2D eigenvalue weighted by molar-refractivity contribution is 7.12. The van der Waals surface area contributed by atoms with Gasteiger partial charge in [0.1, 0.15) is 30.4 Å². The van der Waals surface area contributed by atoms with E-state index in [0.29, 0.717) is 34.0 Å². The molecule has 0 saturated carbocycles. The van der Waals surface area contributed by atoms with Crippen LogP contribution in [0, 0.1) is 0 Å². The van der Waals surface area contributed by atoms with Gasteiger partial charge in [-0.3, -0.25) is 0 Å². The Morgan fingerprint density at radius 1 is 1.14 bits per heavy atom. The Bertz CT molecular complexity index is 771. The van der Waals surface area contributed by atoms with Crippen molar-refractivity contribution in [2.75, 3.05) is 14.1 Å². The average molecular weight is 490 g/mol. The Morgan fingerprint density at radius 2 is 1.64 bits per heavy atom. The summed E-state index contributed by atoms with van der Waals surface area (Å²) in [4.78, 5) is 14.3. The van der Waals surface area contributed by atoms with Crippen molar-refractivity contribution in [1.82, 2.24) is 0 Å². The van der Waals surface area contributed by atoms with Crippen LogP contribution in [0.5, 0.6) is 0 Å². The average Bonchev–Trinajstić information content (AvgIpc) is 2.98. The third-order valence-corrected chi connectivity index (χ3v) is 8.32. The molecule has 154 valence electrons. The van der Waals surface area contributed by atoms with Gasteiger partial charge in [-0.05, 0) is 22.9 Å². The Labute approximate surface area is 182 Å². The highest BCUT2D eigenvalue weighted by Gasteiger charge is 2.71. The first-order valence-corrected chi connectivity index (χ1v) is 10.7. The lowest BCUT2D eigenvalue weighted by Crippen LogP contribution is -3.00. The summed E-state index contributed by atoms with van der Waals surface area (Å²) in [5, 5.41) is 15.1. The highest BCUT2D eigenvalue weighted by Crippen LogP contribution is 2.52. The number of esters is 1. The number of carbonyl (C=O) groups excluding carboxylic acids is 1. The zero-order valence-corrected chi connectivity index (χ0v) is 18.8. The normalized spacial score (nSPS) is 31.9. The van der Waals surface area contributed by atoms with Crippen LogP contribution in [0.4, 0.5) is 0 Å². The van der Waals surface area contributed by atoms with Crippen LogP contribution in [0.2, 0.25) is 0 Å². The van der Waals surface area contributed by atoms with Gasteiger partial charge in [-0.1, -0.05) is 12.1 Å². The van der Waals surface area contributed by atoms with Gasteiger partial charge in [-0.15, -0.1) is 22.7 Å². The summed E-state index contributed by atoms with van der Waals surface area (Å²) in [7, 11) is 4.49. The third kappa shape index (κ3) is 3.08. The zero-order chi connectivity index (χ0) is 18.1. The van der Waals surface area contributed by atoms with Crippen LogP contribution < -0.4 is 17.0 Å². The highest BCUT2D eigenvalue weighted by atomic mass is 79.9. The molecule has 2 aromatic rings. The van der Waals surface area contributed by atoms with Crippen LogP contribution in [0.25, 0.3) is 0 Å². The summed E-state index contributed by atoms with van der Waals surface area (Å²) in [6.07, 6.45) is 2.05. The molecular formula is C19H24BrNO5S2. The molecule has 3 aliphatic heterocycles. The lowest BCUT2D eigenvalue weighted by molar-refractivity contribution is -0.938. The lowest BCUT2D eigenvalue weighted by atomic mass is 9.95. The van der Waals surface area contributed by atoms with Gasteiger partial charge in [0.2, 0.25) is 5.60 Å². The third-order valence-electron chi connectivity index (χ3n) is 6.36. The van der Waals surface area contributed by atoms with Gasteiger partial charge in [0.25, 0.3) is 0 Å². The van der Waals surface area contributed by atoms with E-state index in [4.69, 9.17) is 9.47 Å². The Kier molecular flexibility index (Phi) is 5.83. The molecule has 0 amide bonds. The number of hydrogen-bond donors (Lipinski definition) is 1. The van der Waals surface area contributed by atoms with Crippen molar-refractivity contribution < 1.29 is 46.3 Å². The molecule has 2 aromatic heterocycles. The molecule has 6 nitrogen and oxygen atoms in total. The number of likely N-dealkylation sites (N-methyl/N-ethyl adjacent to an activating group) is 1. The van der Waals surface area contributed by atoms with E-state index in [-0.39, 0.29) is 28.6 Å². The smallest absolute Gasteiger partial charge is 0.349 e. The van der Waals surface area contributed by atoms with E-state index in [1.807, 2.05) is 22.9 Å². The molecule has 5 atom stereocenters. The van der Waals surface area contributed by atoms with E-state index in [2.05, 4.69) is 14.1 Å². The van der Waals surface area contributed by atoms with Crippen LogP contribution in [0.3, 0.4) is 0 Å². The van der Waals surface area contributed by atoms with Crippen molar-refractivity contribution in [2.45, 2.75) is 48.8 Å². The number of piperidine rings is 1. The van der Waals surface area contributed by atoms with Gasteiger partial charge in [0.05, 0.1) is 23.8 Å². The standard InChI is InChI=1S/C19H22NO4S2.BrH.H2O/c1-20(2)12-9-11(10-13(20)17-16(12)24-17)23-18(21)19(22,14-5-3-7-25-14)15-6-4-8-26-15;;/h3-8,11-13,16-17,22H,9-10H2,1-2H3;1H;1H2/q+1;;/p-1/t11?,12-,13+,16-,17?;;/m1../s1. The molecule has 5 heterocycles. The van der Waals surface area contributed by atoms with Gasteiger partial charge >= 0.3 is 5.97 Å². The van der Waals surface area contributed by atoms with Crippen molar-refractivity contribution in [1.29, 1.82) is 0 Å². The van der Waals surface area contributed by atoms with Crippen molar-refractivity contribution in [3.05, 3.63) is 44.8 Å². The first kappa shape index (κ1) is 21.9. The van der Waals surface area contributed by atoms with Crippen molar-refractivity contribution in [3.8, 4) is 0 Å². The molecule has 0 radical (unpaired) electrons. The van der Waals surface area contributed by atoms with Gasteiger partial charge in [0, 0.05) is 12.8 Å². The van der Waals surface area contributed by atoms with E-state index in [9.17, 15) is 9.90 Å². The minimum atomic E-state index is -1.72. The van der Waals surface area contributed by atoms with Crippen molar-refractivity contribution >= 4 is 28.6 Å². The van der Waals surface area contributed by atoms with E-state index in [1.54, 1.807) is 12.1 Å². The molecule has 2 bridgehead atoms. The SMILES string of the molecule is C[N+]1(C)[C@@H]2CC(OC(=O)C(O)(c3cccs3)c3cccs3)C[C@H]1C1O[C@@H]12.O.[Br-]. The van der Waals surface area contributed by atoms with Crippen LogP contribution >= 0.6 is 22.7 Å². The van der Waals surface area contributed by atoms with Gasteiger partial charge in [-0.2, -0.15) is 0 Å². The number of nitrogens with zero attached hydrogens (tertiary/aromatic N) is 1. The molecule has 3 N–H and O–H groups in total. The molecule has 0 spiro atoms. The number of quaternary nitrogens is 1. The monoisotopic (exact) mass is 489 g/mol. The molecule has 0 aromatic carbocycles. The van der Waals surface area contributed by atoms with Crippen LogP contribution in [-0.4, -0.2) is 65.5 Å². The number of aliphatic hydroxyl groups is 1. The predicted molar refractivity (Wildman–Crippen MR) is 103 cm³/mol. The second kappa shape index (κ2) is 7.46. The van der Waals surface area contributed by atoms with E-state index in [0.717, 1.165) is 17.3 Å². The second-order valence-electron chi connectivity index (χ2n) is 7.99. The first-order chi connectivity index (χ1) is 12.4. The molecule has 3 fully saturated rings. The number of rotatable bonds is 4. The number of thiophene rings is 2. The molecule has 0 aliphatic carbocycles. The fourth-order valence-electron chi connectivity index (χ4n) is 4.83. The van der Waals surface area contributed by atoms with E-state index >= 15 is 0 Å². The maximum atomic E-state index is 13.1. The zero-order valence-electron chi connectivity index (χ0n) is 15.6. The van der Waals surface area contributed by atoms with Gasteiger partial charge in [-0.25, -0.2) is 4.79 Å². The number of halogens is 1. The summed E-state index contributed by atoms with van der Waals surface area (Å²) in [6.45, 7) is 0. The fraction of sp³-hybridized carbons (Fsp3) is 0.526. The molecule has 3 aliphatic rings. The maximum absolute atomic E-state index is 13.1. The van der Waals surface area contributed by atoms with Crippen molar-refractivity contribution in [3.63, 3.8) is 0 Å². The summed E-state index contributed by atoms with van der Waals surface area (Å²) in [5.74, 6) is -0.561. The summed E-state index contributed by atoms with van der Waals surface area (Å²) in [6, 6.07) is 8.01. The molecule has 3 saturated heterocycles. The molecule has 28 heavy (non-hydrogen) atoms. The molecular weight excluding hydrogens is 466 g/mol. The van der Waals surface area contributed by atoms with Crippen LogP contribution in [0.1, 0.15) is 22.6 Å². The minimum absolute atomic E-state index is 0. The van der Waals surface area contributed by atoms with E-state index in [1.165, 1.54) is 22.7 Å². The van der Waals surface area contributed by atoms with Crippen LogP contribution in [0.15, 0.2) is 35.0 Å². The van der Waals surface area contributed by atoms with Gasteiger partial charge < -0.3 is 41.5 Å². The second-order valence-corrected chi connectivity index (χ2v) is 9.89. The predicted octanol–water partition coefficient (Wildman–Crippen LogP) is -1.47. The number of epoxide rings is 1. The van der Waals surface area contributed by atoms with Crippen LogP contribution in [-0.2, 0) is 19.9 Å². The maximum Gasteiger partial charge on any atom is 0.349 e. The number of fused-ring (bicyclic) bond motifs is 5. The summed E-state index contributed by atoms with van der Waals surface area (Å²) in [5.41, 5.74) is -1.72.